The van der Waals surface area contributed by atoms with Gasteiger partial charge in [-0.05, 0) is 47.6 Å². The van der Waals surface area contributed by atoms with E-state index in [4.69, 9.17) is 0 Å². The van der Waals surface area contributed by atoms with Gasteiger partial charge in [-0.3, -0.25) is 0 Å². The molecule has 0 aromatic heterocycles. The highest BCUT2D eigenvalue weighted by Crippen LogP contribution is 2.26. The smallest absolute Gasteiger partial charge is 0.330 e. The zero-order chi connectivity index (χ0) is 16.8. The molecule has 0 bridgehead atoms. The molecule has 0 aliphatic heterocycles. The molecule has 3 heteroatoms. The second-order valence-corrected chi connectivity index (χ2v) is 6.15. The Hall–Kier alpha value is -2.39. The molecule has 124 valence electrons. The fourth-order valence-electron chi connectivity index (χ4n) is 3.25. The molecule has 3 rings (SSSR count). The van der Waals surface area contributed by atoms with Crippen LogP contribution in [-0.4, -0.2) is 19.1 Å². The minimum atomic E-state index is -0.314. The highest BCUT2D eigenvalue weighted by molar-refractivity contribution is 5.87. The third-order valence-corrected chi connectivity index (χ3v) is 4.56. The molecular formula is C21H23NO2. The number of fused-ring (bicyclic) bond motifs is 1. The summed E-state index contributed by atoms with van der Waals surface area (Å²) in [6.45, 7) is 0.906. The summed E-state index contributed by atoms with van der Waals surface area (Å²) in [6, 6.07) is 17.3. The zero-order valence-corrected chi connectivity index (χ0v) is 14.0. The van der Waals surface area contributed by atoms with Crippen LogP contribution in [-0.2, 0) is 28.9 Å². The lowest BCUT2D eigenvalue weighted by atomic mass is 9.85. The van der Waals surface area contributed by atoms with Crippen LogP contribution in [0.2, 0.25) is 0 Å². The third kappa shape index (κ3) is 4.12. The highest BCUT2D eigenvalue weighted by atomic mass is 16.5. The van der Waals surface area contributed by atoms with Crippen LogP contribution in [0.15, 0.2) is 54.6 Å². The average molecular weight is 321 g/mol. The molecule has 1 aliphatic carbocycles. The molecule has 0 spiro atoms. The van der Waals surface area contributed by atoms with E-state index in [1.807, 2.05) is 12.1 Å². The Bertz CT molecular complexity index is 722. The summed E-state index contributed by atoms with van der Waals surface area (Å²) in [5.74, 6) is -0.314. The highest BCUT2D eigenvalue weighted by Gasteiger charge is 2.19. The van der Waals surface area contributed by atoms with Gasteiger partial charge in [0.15, 0.2) is 0 Å². The Morgan fingerprint density at radius 1 is 1.21 bits per heavy atom. The Labute approximate surface area is 143 Å². The number of rotatable bonds is 5. The average Bonchev–Trinajstić information content (AvgIpc) is 2.65. The van der Waals surface area contributed by atoms with Crippen molar-refractivity contribution in [2.45, 2.75) is 31.8 Å². The molecule has 2 aromatic rings. The lowest BCUT2D eigenvalue weighted by molar-refractivity contribution is -0.134. The zero-order valence-electron chi connectivity index (χ0n) is 14.0. The molecule has 3 nitrogen and oxygen atoms in total. The minimum absolute atomic E-state index is 0.314. The van der Waals surface area contributed by atoms with E-state index in [1.165, 1.54) is 29.9 Å². The molecule has 0 fully saturated rings. The Kier molecular flexibility index (Phi) is 5.44. The second kappa shape index (κ2) is 7.93. The van der Waals surface area contributed by atoms with E-state index in [1.54, 1.807) is 0 Å². The first kappa shape index (κ1) is 16.5. The molecule has 0 radical (unpaired) electrons. The topological polar surface area (TPSA) is 38.3 Å². The first-order valence-corrected chi connectivity index (χ1v) is 8.40. The van der Waals surface area contributed by atoms with Gasteiger partial charge in [0.25, 0.3) is 0 Å². The normalized spacial score (nSPS) is 16.8. The molecule has 1 N–H and O–H groups in total. The summed E-state index contributed by atoms with van der Waals surface area (Å²) in [4.78, 5) is 11.3. The van der Waals surface area contributed by atoms with E-state index >= 15 is 0 Å². The molecule has 0 amide bonds. The van der Waals surface area contributed by atoms with E-state index in [0.29, 0.717) is 6.04 Å². The minimum Gasteiger partial charge on any atom is -0.466 e. The van der Waals surface area contributed by atoms with E-state index < -0.39 is 0 Å². The van der Waals surface area contributed by atoms with Gasteiger partial charge >= 0.3 is 5.97 Å². The largest absolute Gasteiger partial charge is 0.466 e. The van der Waals surface area contributed by atoms with Gasteiger partial charge in [-0.25, -0.2) is 4.79 Å². The maximum Gasteiger partial charge on any atom is 0.330 e. The molecule has 1 unspecified atom stereocenters. The van der Waals surface area contributed by atoms with E-state index in [9.17, 15) is 4.79 Å². The summed E-state index contributed by atoms with van der Waals surface area (Å²) >= 11 is 0. The van der Waals surface area contributed by atoms with Crippen molar-refractivity contribution in [1.29, 1.82) is 0 Å². The summed E-state index contributed by atoms with van der Waals surface area (Å²) < 4.78 is 4.67. The molecule has 0 heterocycles. The molecule has 0 saturated carbocycles. The van der Waals surface area contributed by atoms with Gasteiger partial charge < -0.3 is 10.1 Å². The fourth-order valence-corrected chi connectivity index (χ4v) is 3.25. The number of ether oxygens (including phenoxy) is 1. The van der Waals surface area contributed by atoms with Crippen LogP contribution >= 0.6 is 0 Å². The van der Waals surface area contributed by atoms with Crippen molar-refractivity contribution in [3.8, 4) is 0 Å². The lowest BCUT2D eigenvalue weighted by Crippen LogP contribution is -2.34. The number of hydrogen-bond acceptors (Lipinski definition) is 3. The van der Waals surface area contributed by atoms with Crippen LogP contribution in [0, 0.1) is 0 Å². The monoisotopic (exact) mass is 321 g/mol. The summed E-state index contributed by atoms with van der Waals surface area (Å²) in [5.41, 5.74) is 5.17. The second-order valence-electron chi connectivity index (χ2n) is 6.15. The van der Waals surface area contributed by atoms with Gasteiger partial charge in [-0.1, -0.05) is 48.5 Å². The maximum atomic E-state index is 11.3. The van der Waals surface area contributed by atoms with Crippen LogP contribution in [0.4, 0.5) is 0 Å². The van der Waals surface area contributed by atoms with Crippen LogP contribution in [0.25, 0.3) is 6.08 Å². The van der Waals surface area contributed by atoms with Gasteiger partial charge in [0, 0.05) is 18.7 Å². The van der Waals surface area contributed by atoms with Gasteiger partial charge in [0.1, 0.15) is 0 Å². The van der Waals surface area contributed by atoms with Crippen molar-refractivity contribution in [2.24, 2.45) is 0 Å². The van der Waals surface area contributed by atoms with Crippen LogP contribution < -0.4 is 5.32 Å². The van der Waals surface area contributed by atoms with E-state index in [-0.39, 0.29) is 5.97 Å². The number of nitrogens with one attached hydrogen (secondary N) is 1. The number of hydrogen-bond donors (Lipinski definition) is 1. The van der Waals surface area contributed by atoms with E-state index in [2.05, 4.69) is 52.5 Å². The standard InChI is InChI=1S/C21H23NO2/c1-24-21(23)13-10-17-8-5-9-18-14-19(11-12-20(17)18)22-15-16-6-3-2-4-7-16/h2-10,13,19,22H,11-12,14-15H2,1H3. The van der Waals surface area contributed by atoms with Crippen molar-refractivity contribution < 1.29 is 9.53 Å². The number of methoxy groups -OCH3 is 1. The predicted molar refractivity (Wildman–Crippen MR) is 96.6 cm³/mol. The van der Waals surface area contributed by atoms with Crippen molar-refractivity contribution >= 4 is 12.0 Å². The van der Waals surface area contributed by atoms with Crippen molar-refractivity contribution in [2.75, 3.05) is 7.11 Å². The van der Waals surface area contributed by atoms with Crippen LogP contribution in [0.5, 0.6) is 0 Å². The third-order valence-electron chi connectivity index (χ3n) is 4.56. The molecule has 1 atom stereocenters. The number of benzene rings is 2. The molecule has 1 aliphatic rings. The summed E-state index contributed by atoms with van der Waals surface area (Å²) in [5, 5.41) is 3.67. The number of carbonyl (C=O) groups is 1. The SMILES string of the molecule is COC(=O)C=Cc1cccc2c1CCC(NCc1ccccc1)C2. The fraction of sp³-hybridized carbons (Fsp3) is 0.286. The summed E-state index contributed by atoms with van der Waals surface area (Å²) in [6.07, 6.45) is 6.53. The maximum absolute atomic E-state index is 11.3. The van der Waals surface area contributed by atoms with Crippen molar-refractivity contribution in [1.82, 2.24) is 5.32 Å². The van der Waals surface area contributed by atoms with Gasteiger partial charge in [0.05, 0.1) is 7.11 Å². The first-order valence-electron chi connectivity index (χ1n) is 8.40. The number of carbonyl (C=O) groups excluding carboxylic acids is 1. The molecule has 24 heavy (non-hydrogen) atoms. The first-order chi connectivity index (χ1) is 11.8. The predicted octanol–water partition coefficient (Wildman–Crippen LogP) is 3.52. The van der Waals surface area contributed by atoms with Crippen LogP contribution in [0.1, 0.15) is 28.7 Å². The van der Waals surface area contributed by atoms with Crippen LogP contribution in [0.3, 0.4) is 0 Å². The van der Waals surface area contributed by atoms with Crippen molar-refractivity contribution in [3.05, 3.63) is 76.9 Å². The molecular weight excluding hydrogens is 298 g/mol. The Morgan fingerprint density at radius 3 is 2.83 bits per heavy atom. The van der Waals surface area contributed by atoms with E-state index in [0.717, 1.165) is 31.4 Å². The Balaban J connectivity index is 1.66. The Morgan fingerprint density at radius 2 is 2.04 bits per heavy atom. The molecule has 0 saturated heterocycles. The quantitative estimate of drug-likeness (QED) is 0.676. The van der Waals surface area contributed by atoms with Crippen molar-refractivity contribution in [3.63, 3.8) is 0 Å². The van der Waals surface area contributed by atoms with Gasteiger partial charge in [-0.2, -0.15) is 0 Å². The lowest BCUT2D eigenvalue weighted by Gasteiger charge is -2.27. The van der Waals surface area contributed by atoms with Gasteiger partial charge in [-0.15, -0.1) is 0 Å². The number of esters is 1. The van der Waals surface area contributed by atoms with Gasteiger partial charge in [0.2, 0.25) is 0 Å². The molecule has 2 aromatic carbocycles. The summed E-state index contributed by atoms with van der Waals surface area (Å²) in [7, 11) is 1.40.